The Balaban J connectivity index is 4.68. The van der Waals surface area contributed by atoms with Crippen molar-refractivity contribution in [3.05, 3.63) is 0 Å². The summed E-state index contributed by atoms with van der Waals surface area (Å²) in [5, 5.41) is 2.75. The van der Waals surface area contributed by atoms with E-state index >= 15 is 0 Å². The Morgan fingerprint density at radius 2 is 1.75 bits per heavy atom. The molecule has 0 aliphatic rings. The van der Waals surface area contributed by atoms with Crippen molar-refractivity contribution in [2.75, 3.05) is 34.2 Å². The Morgan fingerprint density at radius 1 is 1.20 bits per heavy atom. The van der Waals surface area contributed by atoms with Gasteiger partial charge in [-0.1, -0.05) is 20.8 Å². The molecule has 6 heteroatoms. The van der Waals surface area contributed by atoms with Gasteiger partial charge in [-0.15, -0.1) is 0 Å². The van der Waals surface area contributed by atoms with E-state index in [2.05, 4.69) is 5.32 Å². The van der Waals surface area contributed by atoms with E-state index in [9.17, 15) is 14.4 Å². The first-order valence-corrected chi connectivity index (χ1v) is 6.72. The fourth-order valence-electron chi connectivity index (χ4n) is 1.50. The SMILES string of the molecule is CN(C)CCNC(=O)C(CC(=O)C(C)(C)C)N(C)C=O. The fourth-order valence-corrected chi connectivity index (χ4v) is 1.50. The first-order chi connectivity index (χ1) is 9.09. The predicted octanol–water partition coefficient (Wildman–Crippen LogP) is 0.126. The first kappa shape index (κ1) is 18.6. The maximum atomic E-state index is 12.1. The minimum absolute atomic E-state index is 0.0343. The van der Waals surface area contributed by atoms with E-state index in [1.807, 2.05) is 19.0 Å². The maximum absolute atomic E-state index is 12.1. The molecule has 0 spiro atoms. The van der Waals surface area contributed by atoms with Gasteiger partial charge in [-0.05, 0) is 14.1 Å². The van der Waals surface area contributed by atoms with Crippen LogP contribution < -0.4 is 5.32 Å². The molecule has 1 atom stereocenters. The van der Waals surface area contributed by atoms with E-state index in [0.29, 0.717) is 19.5 Å². The lowest BCUT2D eigenvalue weighted by Crippen LogP contribution is -2.48. The summed E-state index contributed by atoms with van der Waals surface area (Å²) < 4.78 is 0. The minimum atomic E-state index is -0.749. The zero-order valence-corrected chi connectivity index (χ0v) is 13.4. The standard InChI is InChI=1S/C14H27N3O3/c1-14(2,3)12(19)9-11(17(6)10-18)13(20)15-7-8-16(4)5/h10-11H,7-9H2,1-6H3,(H,15,20). The second-order valence-electron chi connectivity index (χ2n) is 6.26. The second-order valence-corrected chi connectivity index (χ2v) is 6.26. The number of ketones is 1. The first-order valence-electron chi connectivity index (χ1n) is 6.72. The summed E-state index contributed by atoms with van der Waals surface area (Å²) in [5.74, 6) is -0.335. The number of hydrogen-bond donors (Lipinski definition) is 1. The predicted molar refractivity (Wildman–Crippen MR) is 78.3 cm³/mol. The van der Waals surface area contributed by atoms with Crippen LogP contribution in [0, 0.1) is 5.41 Å². The quantitative estimate of drug-likeness (QED) is 0.643. The Labute approximate surface area is 121 Å². The summed E-state index contributed by atoms with van der Waals surface area (Å²) in [6.07, 6.45) is 0.610. The van der Waals surface area contributed by atoms with Crippen LogP contribution in [0.1, 0.15) is 27.2 Å². The number of Topliss-reactive ketones (excluding diaryl/α,β-unsaturated/α-hetero) is 1. The van der Waals surface area contributed by atoms with Crippen molar-refractivity contribution in [2.24, 2.45) is 5.41 Å². The second kappa shape index (κ2) is 7.99. The Bertz CT molecular complexity index is 348. The highest BCUT2D eigenvalue weighted by atomic mass is 16.2. The summed E-state index contributed by atoms with van der Waals surface area (Å²) in [5.41, 5.74) is -0.522. The van der Waals surface area contributed by atoms with Crippen LogP contribution in [0.4, 0.5) is 0 Å². The molecule has 20 heavy (non-hydrogen) atoms. The van der Waals surface area contributed by atoms with Crippen molar-refractivity contribution in [1.82, 2.24) is 15.1 Å². The van der Waals surface area contributed by atoms with Crippen LogP contribution in [-0.2, 0) is 14.4 Å². The van der Waals surface area contributed by atoms with Gasteiger partial charge in [0, 0.05) is 32.0 Å². The molecule has 0 aromatic heterocycles. The van der Waals surface area contributed by atoms with Gasteiger partial charge in [0.25, 0.3) is 0 Å². The van der Waals surface area contributed by atoms with Crippen LogP contribution in [0.3, 0.4) is 0 Å². The van der Waals surface area contributed by atoms with Crippen molar-refractivity contribution in [3.8, 4) is 0 Å². The number of likely N-dealkylation sites (N-methyl/N-ethyl adjacent to an activating group) is 2. The van der Waals surface area contributed by atoms with Crippen molar-refractivity contribution in [3.63, 3.8) is 0 Å². The van der Waals surface area contributed by atoms with Gasteiger partial charge in [-0.25, -0.2) is 0 Å². The van der Waals surface area contributed by atoms with Crippen LogP contribution in [0.2, 0.25) is 0 Å². The van der Waals surface area contributed by atoms with E-state index in [0.717, 1.165) is 0 Å². The largest absolute Gasteiger partial charge is 0.353 e. The molecule has 0 fully saturated rings. The number of nitrogens with one attached hydrogen (secondary N) is 1. The molecule has 0 saturated carbocycles. The van der Waals surface area contributed by atoms with Gasteiger partial charge in [-0.3, -0.25) is 14.4 Å². The zero-order valence-electron chi connectivity index (χ0n) is 13.4. The highest BCUT2D eigenvalue weighted by molar-refractivity contribution is 5.92. The maximum Gasteiger partial charge on any atom is 0.243 e. The van der Waals surface area contributed by atoms with Crippen LogP contribution in [0.5, 0.6) is 0 Å². The average Bonchev–Trinajstić information content (AvgIpc) is 2.32. The van der Waals surface area contributed by atoms with E-state index < -0.39 is 11.5 Å². The van der Waals surface area contributed by atoms with E-state index in [-0.39, 0.29) is 18.1 Å². The lowest BCUT2D eigenvalue weighted by atomic mass is 9.86. The molecule has 0 rings (SSSR count). The topological polar surface area (TPSA) is 69.7 Å². The summed E-state index contributed by atoms with van der Waals surface area (Å²) in [6.45, 7) is 6.60. The molecule has 0 aliphatic heterocycles. The van der Waals surface area contributed by atoms with Crippen LogP contribution in [0.15, 0.2) is 0 Å². The van der Waals surface area contributed by atoms with Crippen LogP contribution in [0.25, 0.3) is 0 Å². The highest BCUT2D eigenvalue weighted by Crippen LogP contribution is 2.19. The van der Waals surface area contributed by atoms with E-state index in [4.69, 9.17) is 0 Å². The fraction of sp³-hybridized carbons (Fsp3) is 0.786. The third-order valence-electron chi connectivity index (χ3n) is 3.03. The molecular formula is C14H27N3O3. The summed E-state index contributed by atoms with van der Waals surface area (Å²) in [7, 11) is 5.33. The van der Waals surface area contributed by atoms with Gasteiger partial charge in [0.15, 0.2) is 0 Å². The molecule has 0 aromatic rings. The number of hydrogen-bond acceptors (Lipinski definition) is 4. The smallest absolute Gasteiger partial charge is 0.243 e. The molecular weight excluding hydrogens is 258 g/mol. The zero-order chi connectivity index (χ0) is 15.9. The Morgan fingerprint density at radius 3 is 2.15 bits per heavy atom. The Kier molecular flexibility index (Phi) is 7.42. The monoisotopic (exact) mass is 285 g/mol. The van der Waals surface area contributed by atoms with E-state index in [1.165, 1.54) is 11.9 Å². The molecule has 0 aromatic carbocycles. The molecule has 0 radical (unpaired) electrons. The molecule has 2 amide bonds. The van der Waals surface area contributed by atoms with Gasteiger partial charge >= 0.3 is 0 Å². The number of amides is 2. The van der Waals surface area contributed by atoms with Gasteiger partial charge in [0.05, 0.1) is 0 Å². The highest BCUT2D eigenvalue weighted by Gasteiger charge is 2.30. The molecule has 1 N–H and O–H groups in total. The number of carbonyl (C=O) groups excluding carboxylic acids is 3. The summed E-state index contributed by atoms with van der Waals surface area (Å²) in [6, 6.07) is -0.749. The van der Waals surface area contributed by atoms with Crippen molar-refractivity contribution < 1.29 is 14.4 Å². The molecule has 0 saturated heterocycles. The lowest BCUT2D eigenvalue weighted by Gasteiger charge is -2.26. The summed E-state index contributed by atoms with van der Waals surface area (Å²) in [4.78, 5) is 38.2. The Hall–Kier alpha value is -1.43. The van der Waals surface area contributed by atoms with Crippen molar-refractivity contribution >= 4 is 18.1 Å². The lowest BCUT2D eigenvalue weighted by molar-refractivity contribution is -0.136. The van der Waals surface area contributed by atoms with Crippen molar-refractivity contribution in [1.29, 1.82) is 0 Å². The molecule has 0 bridgehead atoms. The molecule has 0 heterocycles. The number of rotatable bonds is 8. The normalized spacial score (nSPS) is 12.9. The van der Waals surface area contributed by atoms with E-state index in [1.54, 1.807) is 20.8 Å². The molecule has 0 aliphatic carbocycles. The van der Waals surface area contributed by atoms with Gasteiger partial charge < -0.3 is 15.1 Å². The third-order valence-corrected chi connectivity index (χ3v) is 3.03. The van der Waals surface area contributed by atoms with Crippen molar-refractivity contribution in [2.45, 2.75) is 33.2 Å². The van der Waals surface area contributed by atoms with Gasteiger partial charge in [0.1, 0.15) is 11.8 Å². The third kappa shape index (κ3) is 6.65. The molecule has 116 valence electrons. The summed E-state index contributed by atoms with van der Waals surface area (Å²) >= 11 is 0. The van der Waals surface area contributed by atoms with Gasteiger partial charge in [-0.2, -0.15) is 0 Å². The minimum Gasteiger partial charge on any atom is -0.353 e. The average molecular weight is 285 g/mol. The van der Waals surface area contributed by atoms with Gasteiger partial charge in [0.2, 0.25) is 12.3 Å². The van der Waals surface area contributed by atoms with Crippen LogP contribution >= 0.6 is 0 Å². The molecule has 1 unspecified atom stereocenters. The molecule has 6 nitrogen and oxygen atoms in total. The number of nitrogens with zero attached hydrogens (tertiary/aromatic N) is 2. The number of carbonyl (C=O) groups is 3. The van der Waals surface area contributed by atoms with Crippen LogP contribution in [-0.4, -0.2) is 68.2 Å².